The zero-order chi connectivity index (χ0) is 12.4. The van der Waals surface area contributed by atoms with Crippen LogP contribution in [-0.4, -0.2) is 36.2 Å². The second-order valence-corrected chi connectivity index (χ2v) is 5.20. The number of hydrogen-bond donors (Lipinski definition) is 2. The van der Waals surface area contributed by atoms with Crippen molar-refractivity contribution < 1.29 is 9.50 Å². The van der Waals surface area contributed by atoms with Gasteiger partial charge in [-0.3, -0.25) is 4.90 Å². The summed E-state index contributed by atoms with van der Waals surface area (Å²) in [6, 6.07) is 3.08. The Kier molecular flexibility index (Phi) is 8.24. The SMILES string of the molecule is C[C@@H](c1cc(Br)cc(F)c1O)N1CCNCC1.Cl.Cl. The molecule has 0 saturated carbocycles. The summed E-state index contributed by atoms with van der Waals surface area (Å²) < 4.78 is 14.1. The molecule has 1 aliphatic rings. The Morgan fingerprint density at radius 1 is 1.32 bits per heavy atom. The molecular formula is C12H18BrCl2FN2O. The average Bonchev–Trinajstić information content (AvgIpc) is 2.34. The van der Waals surface area contributed by atoms with Gasteiger partial charge in [0.05, 0.1) is 0 Å². The molecule has 0 amide bonds. The van der Waals surface area contributed by atoms with Crippen LogP contribution in [0.3, 0.4) is 0 Å². The zero-order valence-corrected chi connectivity index (χ0v) is 13.7. The smallest absolute Gasteiger partial charge is 0.166 e. The number of hydrogen-bond acceptors (Lipinski definition) is 3. The molecule has 7 heteroatoms. The van der Waals surface area contributed by atoms with Gasteiger partial charge in [0.25, 0.3) is 0 Å². The Bertz CT molecular complexity index is 417. The van der Waals surface area contributed by atoms with E-state index in [0.29, 0.717) is 10.0 Å². The van der Waals surface area contributed by atoms with Crippen LogP contribution in [0.2, 0.25) is 0 Å². The fourth-order valence-corrected chi connectivity index (χ4v) is 2.62. The number of phenols is 1. The maximum absolute atomic E-state index is 13.5. The standard InChI is InChI=1S/C12H16BrFN2O.2ClH/c1-8(16-4-2-15-3-5-16)10-6-9(13)7-11(14)12(10)17;;/h6-8,15,17H,2-5H2,1H3;2*1H/t8-;;/m0../s1. The number of phenolic OH excluding ortho intramolecular Hbond substituents is 1. The largest absolute Gasteiger partial charge is 0.505 e. The molecule has 1 aromatic carbocycles. The quantitative estimate of drug-likeness (QED) is 0.833. The van der Waals surface area contributed by atoms with Crippen molar-refractivity contribution in [3.05, 3.63) is 28.0 Å². The van der Waals surface area contributed by atoms with Gasteiger partial charge < -0.3 is 10.4 Å². The van der Waals surface area contributed by atoms with Gasteiger partial charge in [0.15, 0.2) is 11.6 Å². The molecule has 2 rings (SSSR count). The minimum absolute atomic E-state index is 0. The average molecular weight is 376 g/mol. The molecule has 1 aromatic rings. The summed E-state index contributed by atoms with van der Waals surface area (Å²) in [5.74, 6) is -0.810. The van der Waals surface area contributed by atoms with E-state index in [1.165, 1.54) is 6.07 Å². The Morgan fingerprint density at radius 2 is 1.89 bits per heavy atom. The van der Waals surface area contributed by atoms with E-state index in [9.17, 15) is 9.50 Å². The summed E-state index contributed by atoms with van der Waals surface area (Å²) >= 11 is 3.26. The van der Waals surface area contributed by atoms with Gasteiger partial charge in [-0.2, -0.15) is 0 Å². The van der Waals surface area contributed by atoms with Crippen LogP contribution in [0.5, 0.6) is 5.75 Å². The molecule has 110 valence electrons. The van der Waals surface area contributed by atoms with Gasteiger partial charge in [-0.15, -0.1) is 24.8 Å². The summed E-state index contributed by atoms with van der Waals surface area (Å²) in [7, 11) is 0. The normalized spacial score (nSPS) is 17.2. The molecule has 3 nitrogen and oxygen atoms in total. The maximum atomic E-state index is 13.5. The Morgan fingerprint density at radius 3 is 2.47 bits per heavy atom. The molecule has 1 fully saturated rings. The van der Waals surface area contributed by atoms with Crippen LogP contribution >= 0.6 is 40.7 Å². The van der Waals surface area contributed by atoms with Gasteiger partial charge >= 0.3 is 0 Å². The fraction of sp³-hybridized carbons (Fsp3) is 0.500. The molecule has 0 unspecified atom stereocenters. The third kappa shape index (κ3) is 4.46. The summed E-state index contributed by atoms with van der Waals surface area (Å²) in [6.07, 6.45) is 0. The number of benzene rings is 1. The predicted molar refractivity (Wildman–Crippen MR) is 83.1 cm³/mol. The summed E-state index contributed by atoms with van der Waals surface area (Å²) in [5.41, 5.74) is 0.638. The number of nitrogens with one attached hydrogen (secondary N) is 1. The van der Waals surface area contributed by atoms with Gasteiger partial charge in [-0.25, -0.2) is 4.39 Å². The first-order valence-electron chi connectivity index (χ1n) is 5.72. The molecule has 0 aromatic heterocycles. The first kappa shape index (κ1) is 18.9. The third-order valence-corrected chi connectivity index (χ3v) is 3.66. The number of piperazine rings is 1. The lowest BCUT2D eigenvalue weighted by Gasteiger charge is -2.33. The minimum Gasteiger partial charge on any atom is -0.505 e. The monoisotopic (exact) mass is 374 g/mol. The highest BCUT2D eigenvalue weighted by Gasteiger charge is 2.22. The number of halogens is 4. The summed E-state index contributed by atoms with van der Waals surface area (Å²) in [4.78, 5) is 2.23. The first-order valence-corrected chi connectivity index (χ1v) is 6.51. The Labute approximate surface area is 133 Å². The molecule has 1 atom stereocenters. The lowest BCUT2D eigenvalue weighted by atomic mass is 10.0. The zero-order valence-electron chi connectivity index (χ0n) is 10.5. The van der Waals surface area contributed by atoms with E-state index in [1.807, 2.05) is 6.92 Å². The van der Waals surface area contributed by atoms with Crippen LogP contribution in [0, 0.1) is 5.82 Å². The summed E-state index contributed by atoms with van der Waals surface area (Å²) in [5, 5.41) is 13.1. The highest BCUT2D eigenvalue weighted by molar-refractivity contribution is 9.10. The molecule has 0 radical (unpaired) electrons. The van der Waals surface area contributed by atoms with Gasteiger partial charge in [-0.1, -0.05) is 15.9 Å². The van der Waals surface area contributed by atoms with Crippen molar-refractivity contribution in [3.8, 4) is 5.75 Å². The minimum atomic E-state index is -0.573. The first-order chi connectivity index (χ1) is 8.09. The van der Waals surface area contributed by atoms with Crippen LogP contribution < -0.4 is 5.32 Å². The van der Waals surface area contributed by atoms with Crippen LogP contribution in [0.4, 0.5) is 4.39 Å². The van der Waals surface area contributed by atoms with Crippen molar-refractivity contribution >= 4 is 40.7 Å². The number of rotatable bonds is 2. The van der Waals surface area contributed by atoms with Gasteiger partial charge in [0.2, 0.25) is 0 Å². The molecule has 0 bridgehead atoms. The maximum Gasteiger partial charge on any atom is 0.166 e. The van der Waals surface area contributed by atoms with E-state index in [2.05, 4.69) is 26.1 Å². The molecule has 0 aliphatic carbocycles. The topological polar surface area (TPSA) is 35.5 Å². The van der Waals surface area contributed by atoms with E-state index in [0.717, 1.165) is 26.2 Å². The van der Waals surface area contributed by atoms with Crippen LogP contribution in [0.1, 0.15) is 18.5 Å². The van der Waals surface area contributed by atoms with Crippen LogP contribution in [-0.2, 0) is 0 Å². The Balaban J connectivity index is 0.00000162. The summed E-state index contributed by atoms with van der Waals surface area (Å²) in [6.45, 7) is 5.68. The second kappa shape index (κ2) is 8.27. The molecule has 2 N–H and O–H groups in total. The molecule has 0 spiro atoms. The van der Waals surface area contributed by atoms with Gasteiger partial charge in [0, 0.05) is 42.3 Å². The van der Waals surface area contributed by atoms with Crippen LogP contribution in [0.25, 0.3) is 0 Å². The van der Waals surface area contributed by atoms with Crippen molar-refractivity contribution in [2.45, 2.75) is 13.0 Å². The van der Waals surface area contributed by atoms with E-state index >= 15 is 0 Å². The molecular weight excluding hydrogens is 358 g/mol. The molecule has 1 saturated heterocycles. The lowest BCUT2D eigenvalue weighted by Crippen LogP contribution is -2.44. The molecule has 19 heavy (non-hydrogen) atoms. The molecule has 1 heterocycles. The highest BCUT2D eigenvalue weighted by Crippen LogP contribution is 2.33. The third-order valence-electron chi connectivity index (χ3n) is 3.21. The Hall–Kier alpha value is -0.0700. The van der Waals surface area contributed by atoms with E-state index in [-0.39, 0.29) is 36.6 Å². The van der Waals surface area contributed by atoms with E-state index in [1.54, 1.807) is 6.07 Å². The second-order valence-electron chi connectivity index (χ2n) is 4.29. The van der Waals surface area contributed by atoms with Crippen molar-refractivity contribution in [2.24, 2.45) is 0 Å². The lowest BCUT2D eigenvalue weighted by molar-refractivity contribution is 0.182. The van der Waals surface area contributed by atoms with Crippen molar-refractivity contribution in [1.82, 2.24) is 10.2 Å². The van der Waals surface area contributed by atoms with E-state index < -0.39 is 5.82 Å². The number of nitrogens with zero attached hydrogens (tertiary/aromatic N) is 1. The number of aromatic hydroxyl groups is 1. The molecule has 1 aliphatic heterocycles. The van der Waals surface area contributed by atoms with E-state index in [4.69, 9.17) is 0 Å². The van der Waals surface area contributed by atoms with Crippen LogP contribution in [0.15, 0.2) is 16.6 Å². The van der Waals surface area contributed by atoms with Crippen molar-refractivity contribution in [2.75, 3.05) is 26.2 Å². The van der Waals surface area contributed by atoms with Gasteiger partial charge in [-0.05, 0) is 19.1 Å². The highest BCUT2D eigenvalue weighted by atomic mass is 79.9. The predicted octanol–water partition coefficient (Wildman–Crippen LogP) is 3.10. The van der Waals surface area contributed by atoms with Crippen molar-refractivity contribution in [3.63, 3.8) is 0 Å². The fourth-order valence-electron chi connectivity index (χ4n) is 2.17. The van der Waals surface area contributed by atoms with Crippen molar-refractivity contribution in [1.29, 1.82) is 0 Å². The van der Waals surface area contributed by atoms with Gasteiger partial charge in [0.1, 0.15) is 0 Å².